The second-order valence-corrected chi connectivity index (χ2v) is 4.88. The summed E-state index contributed by atoms with van der Waals surface area (Å²) in [4.78, 5) is 35.9. The summed E-state index contributed by atoms with van der Waals surface area (Å²) in [6.07, 6.45) is 3.19. The third-order valence-electron chi connectivity index (χ3n) is 3.63. The maximum atomic E-state index is 12.0. The lowest BCUT2D eigenvalue weighted by Gasteiger charge is -2.23. The van der Waals surface area contributed by atoms with Crippen LogP contribution in [-0.2, 0) is 14.4 Å². The highest BCUT2D eigenvalue weighted by atomic mass is 16.2. The largest absolute Gasteiger partial charge is 0.342 e. The molecule has 1 aliphatic carbocycles. The highest BCUT2D eigenvalue weighted by Gasteiger charge is 2.42. The molecule has 1 saturated heterocycles. The number of carbonyl (C=O) groups is 3. The van der Waals surface area contributed by atoms with Crippen LogP contribution in [0.2, 0.25) is 0 Å². The van der Waals surface area contributed by atoms with Gasteiger partial charge in [0.2, 0.25) is 11.8 Å². The van der Waals surface area contributed by atoms with Crippen LogP contribution in [0.25, 0.3) is 0 Å². The molecule has 94 valence electrons. The van der Waals surface area contributed by atoms with Gasteiger partial charge in [0.05, 0.1) is 12.0 Å². The number of nitrogens with two attached hydrogens (primary N) is 1. The summed E-state index contributed by atoms with van der Waals surface area (Å²) >= 11 is 0. The zero-order chi connectivity index (χ0) is 12.6. The van der Waals surface area contributed by atoms with Crippen molar-refractivity contribution in [3.8, 4) is 0 Å². The summed E-state index contributed by atoms with van der Waals surface area (Å²) in [5.74, 6) is -0.931. The molecule has 1 atom stereocenters. The molecule has 0 bridgehead atoms. The van der Waals surface area contributed by atoms with E-state index in [1.54, 1.807) is 0 Å². The molecule has 0 aromatic carbocycles. The van der Waals surface area contributed by atoms with E-state index in [1.807, 2.05) is 0 Å². The van der Waals surface area contributed by atoms with Crippen LogP contribution in [0.15, 0.2) is 0 Å². The van der Waals surface area contributed by atoms with Gasteiger partial charge in [0, 0.05) is 7.05 Å². The summed E-state index contributed by atoms with van der Waals surface area (Å²) in [5.41, 5.74) is 5.12. The van der Waals surface area contributed by atoms with Gasteiger partial charge in [-0.05, 0) is 12.8 Å². The number of likely N-dealkylation sites (N-methyl/N-ethyl adjacent to an activating group) is 1. The number of nitrogens with one attached hydrogen (secondary N) is 1. The second-order valence-electron chi connectivity index (χ2n) is 4.88. The predicted molar refractivity (Wildman–Crippen MR) is 59.7 cm³/mol. The molecule has 3 N–H and O–H groups in total. The maximum Gasteiger partial charge on any atom is 0.252 e. The molecule has 0 spiro atoms. The molecule has 2 rings (SSSR count). The van der Waals surface area contributed by atoms with Crippen molar-refractivity contribution in [3.63, 3.8) is 0 Å². The van der Waals surface area contributed by atoms with E-state index in [0.29, 0.717) is 12.8 Å². The fourth-order valence-corrected chi connectivity index (χ4v) is 2.40. The van der Waals surface area contributed by atoms with Crippen molar-refractivity contribution in [3.05, 3.63) is 0 Å². The van der Waals surface area contributed by atoms with Crippen molar-refractivity contribution >= 4 is 17.7 Å². The Morgan fingerprint density at radius 3 is 2.47 bits per heavy atom. The minimum atomic E-state index is -0.857. The molecular weight excluding hydrogens is 222 g/mol. The molecule has 2 aliphatic rings. The molecule has 1 saturated carbocycles. The molecule has 1 heterocycles. The molecule has 1 aliphatic heterocycles. The van der Waals surface area contributed by atoms with Crippen LogP contribution in [-0.4, -0.2) is 41.2 Å². The van der Waals surface area contributed by atoms with Gasteiger partial charge >= 0.3 is 0 Å². The van der Waals surface area contributed by atoms with Crippen LogP contribution in [0.1, 0.15) is 32.1 Å². The third kappa shape index (κ3) is 2.04. The van der Waals surface area contributed by atoms with E-state index in [2.05, 4.69) is 5.32 Å². The maximum absolute atomic E-state index is 12.0. The lowest BCUT2D eigenvalue weighted by atomic mass is 9.97. The zero-order valence-corrected chi connectivity index (χ0v) is 9.86. The number of hydrogen-bond donors (Lipinski definition) is 2. The highest BCUT2D eigenvalue weighted by molar-refractivity contribution is 6.07. The van der Waals surface area contributed by atoms with E-state index in [1.165, 1.54) is 7.05 Å². The monoisotopic (exact) mass is 239 g/mol. The van der Waals surface area contributed by atoms with Gasteiger partial charge < -0.3 is 11.1 Å². The van der Waals surface area contributed by atoms with Gasteiger partial charge in [-0.3, -0.25) is 19.3 Å². The number of imide groups is 1. The second kappa shape index (κ2) is 4.10. The SMILES string of the molecule is CN1C(=O)CC(NC(=O)C2(N)CCCC2)C1=O. The lowest BCUT2D eigenvalue weighted by Crippen LogP contribution is -2.55. The van der Waals surface area contributed by atoms with Crippen molar-refractivity contribution in [2.45, 2.75) is 43.7 Å². The Hall–Kier alpha value is -1.43. The molecule has 6 nitrogen and oxygen atoms in total. The van der Waals surface area contributed by atoms with Gasteiger partial charge in [0.25, 0.3) is 5.91 Å². The van der Waals surface area contributed by atoms with Gasteiger partial charge in [-0.2, -0.15) is 0 Å². The van der Waals surface area contributed by atoms with Gasteiger partial charge in [-0.15, -0.1) is 0 Å². The lowest BCUT2D eigenvalue weighted by molar-refractivity contribution is -0.138. The Labute approximate surface area is 99.5 Å². The first-order chi connectivity index (χ1) is 7.94. The van der Waals surface area contributed by atoms with Crippen molar-refractivity contribution in [2.75, 3.05) is 7.05 Å². The molecule has 3 amide bonds. The van der Waals surface area contributed by atoms with Gasteiger partial charge in [0.15, 0.2) is 0 Å². The van der Waals surface area contributed by atoms with E-state index in [-0.39, 0.29) is 24.1 Å². The summed E-state index contributed by atoms with van der Waals surface area (Å²) < 4.78 is 0. The van der Waals surface area contributed by atoms with Crippen LogP contribution < -0.4 is 11.1 Å². The highest BCUT2D eigenvalue weighted by Crippen LogP contribution is 2.27. The van der Waals surface area contributed by atoms with Crippen molar-refractivity contribution in [1.82, 2.24) is 10.2 Å². The fraction of sp³-hybridized carbons (Fsp3) is 0.727. The van der Waals surface area contributed by atoms with Crippen LogP contribution in [0.4, 0.5) is 0 Å². The van der Waals surface area contributed by atoms with E-state index >= 15 is 0 Å². The summed E-state index contributed by atoms with van der Waals surface area (Å²) in [6.45, 7) is 0. The predicted octanol–water partition coefficient (Wildman–Crippen LogP) is -0.869. The number of carbonyl (C=O) groups excluding carboxylic acids is 3. The molecule has 6 heteroatoms. The standard InChI is InChI=1S/C11H17N3O3/c1-14-8(15)6-7(9(14)16)13-10(17)11(12)4-2-3-5-11/h7H,2-6,12H2,1H3,(H,13,17). The first-order valence-electron chi connectivity index (χ1n) is 5.84. The Bertz CT molecular complexity index is 374. The van der Waals surface area contributed by atoms with Crippen LogP contribution in [0.3, 0.4) is 0 Å². The Morgan fingerprint density at radius 2 is 2.00 bits per heavy atom. The van der Waals surface area contributed by atoms with Crippen LogP contribution >= 0.6 is 0 Å². The third-order valence-corrected chi connectivity index (χ3v) is 3.63. The molecule has 1 unspecified atom stereocenters. The van der Waals surface area contributed by atoms with E-state index in [9.17, 15) is 14.4 Å². The molecule has 0 aromatic rings. The minimum absolute atomic E-state index is 0.0388. The number of nitrogens with zero attached hydrogens (tertiary/aromatic N) is 1. The normalized spacial score (nSPS) is 27.6. The zero-order valence-electron chi connectivity index (χ0n) is 9.86. The Morgan fingerprint density at radius 1 is 1.41 bits per heavy atom. The Kier molecular flexibility index (Phi) is 2.91. The Balaban J connectivity index is 2.00. The van der Waals surface area contributed by atoms with Crippen LogP contribution in [0, 0.1) is 0 Å². The molecule has 0 radical (unpaired) electrons. The topological polar surface area (TPSA) is 92.5 Å². The van der Waals surface area contributed by atoms with E-state index in [0.717, 1.165) is 17.7 Å². The van der Waals surface area contributed by atoms with Crippen molar-refractivity contribution in [1.29, 1.82) is 0 Å². The number of likely N-dealkylation sites (tertiary alicyclic amines) is 1. The molecule has 2 fully saturated rings. The number of rotatable bonds is 2. The molecule has 17 heavy (non-hydrogen) atoms. The first-order valence-corrected chi connectivity index (χ1v) is 5.84. The van der Waals surface area contributed by atoms with E-state index in [4.69, 9.17) is 5.73 Å². The van der Waals surface area contributed by atoms with Crippen LogP contribution in [0.5, 0.6) is 0 Å². The first kappa shape index (κ1) is 12.0. The number of hydrogen-bond acceptors (Lipinski definition) is 4. The minimum Gasteiger partial charge on any atom is -0.342 e. The fourth-order valence-electron chi connectivity index (χ4n) is 2.40. The summed E-state index contributed by atoms with van der Waals surface area (Å²) in [5, 5.41) is 2.60. The quantitative estimate of drug-likeness (QED) is 0.613. The van der Waals surface area contributed by atoms with Crippen molar-refractivity contribution in [2.24, 2.45) is 5.73 Å². The van der Waals surface area contributed by atoms with Crippen molar-refractivity contribution < 1.29 is 14.4 Å². The van der Waals surface area contributed by atoms with Gasteiger partial charge in [-0.1, -0.05) is 12.8 Å². The average molecular weight is 239 g/mol. The molecular formula is C11H17N3O3. The summed E-state index contributed by atoms with van der Waals surface area (Å²) in [6, 6.07) is -0.735. The van der Waals surface area contributed by atoms with Gasteiger partial charge in [-0.25, -0.2) is 0 Å². The van der Waals surface area contributed by atoms with E-state index < -0.39 is 11.6 Å². The summed E-state index contributed by atoms with van der Waals surface area (Å²) in [7, 11) is 1.42. The molecule has 0 aromatic heterocycles. The smallest absolute Gasteiger partial charge is 0.252 e. The number of amides is 3. The average Bonchev–Trinajstić information content (AvgIpc) is 2.82. The van der Waals surface area contributed by atoms with Gasteiger partial charge in [0.1, 0.15) is 6.04 Å².